The van der Waals surface area contributed by atoms with E-state index in [1.807, 2.05) is 0 Å². The molecule has 0 aliphatic rings. The molecule has 1 heterocycles. The van der Waals surface area contributed by atoms with Crippen LogP contribution in [-0.4, -0.2) is 18.1 Å². The average Bonchev–Trinajstić information content (AvgIpc) is 2.43. The van der Waals surface area contributed by atoms with Crippen molar-refractivity contribution < 1.29 is 9.53 Å². The number of hydrogen-bond acceptors (Lipinski definition) is 3. The van der Waals surface area contributed by atoms with Gasteiger partial charge in [-0.3, -0.25) is 0 Å². The highest BCUT2D eigenvalue weighted by Crippen LogP contribution is 2.36. The maximum absolute atomic E-state index is 11.4. The third-order valence-electron chi connectivity index (χ3n) is 2.54. The van der Waals surface area contributed by atoms with Crippen LogP contribution in [0.1, 0.15) is 10.5 Å². The minimum Gasteiger partial charge on any atom is -0.464 e. The number of halogens is 4. The Morgan fingerprint density at radius 3 is 2.20 bits per heavy atom. The van der Waals surface area contributed by atoms with Crippen molar-refractivity contribution in [3.63, 3.8) is 0 Å². The minimum atomic E-state index is -0.564. The van der Waals surface area contributed by atoms with Gasteiger partial charge in [0.05, 0.1) is 22.2 Å². The number of ether oxygens (including phenoxy) is 1. The van der Waals surface area contributed by atoms with Crippen molar-refractivity contribution >= 4 is 52.4 Å². The zero-order valence-electron chi connectivity index (χ0n) is 10.1. The number of esters is 1. The van der Waals surface area contributed by atoms with Crippen LogP contribution in [0.2, 0.25) is 20.2 Å². The fourth-order valence-corrected chi connectivity index (χ4v) is 2.44. The molecular formula is C13H7Cl4NO2. The van der Waals surface area contributed by atoms with Crippen LogP contribution in [0.4, 0.5) is 0 Å². The zero-order chi connectivity index (χ0) is 14.9. The molecular weight excluding hydrogens is 344 g/mol. The van der Waals surface area contributed by atoms with E-state index in [0.717, 1.165) is 0 Å². The lowest BCUT2D eigenvalue weighted by molar-refractivity contribution is 0.0594. The van der Waals surface area contributed by atoms with Crippen LogP contribution in [0.15, 0.2) is 24.3 Å². The first kappa shape index (κ1) is 15.4. The van der Waals surface area contributed by atoms with Gasteiger partial charge < -0.3 is 4.74 Å². The van der Waals surface area contributed by atoms with Crippen LogP contribution < -0.4 is 0 Å². The van der Waals surface area contributed by atoms with Gasteiger partial charge in [0.25, 0.3) is 0 Å². The molecule has 104 valence electrons. The molecule has 7 heteroatoms. The second kappa shape index (κ2) is 6.19. The third-order valence-corrected chi connectivity index (χ3v) is 4.02. The van der Waals surface area contributed by atoms with Crippen LogP contribution in [0.25, 0.3) is 11.1 Å². The number of aromatic nitrogens is 1. The lowest BCUT2D eigenvalue weighted by atomic mass is 10.1. The topological polar surface area (TPSA) is 39.2 Å². The Morgan fingerprint density at radius 2 is 1.70 bits per heavy atom. The fraction of sp³-hybridized carbons (Fsp3) is 0.0769. The molecule has 1 aromatic carbocycles. The molecule has 0 aliphatic heterocycles. The number of pyridine rings is 1. The Labute approximate surface area is 135 Å². The molecule has 0 N–H and O–H groups in total. The van der Waals surface area contributed by atoms with E-state index in [2.05, 4.69) is 9.72 Å². The van der Waals surface area contributed by atoms with Crippen LogP contribution in [0.5, 0.6) is 0 Å². The second-order valence-electron chi connectivity index (χ2n) is 3.78. The van der Waals surface area contributed by atoms with Gasteiger partial charge in [0.2, 0.25) is 0 Å². The highest BCUT2D eigenvalue weighted by atomic mass is 35.5. The number of nitrogens with zero attached hydrogens (tertiary/aromatic N) is 1. The minimum absolute atomic E-state index is 0.118. The number of carbonyl (C=O) groups excluding carboxylic acids is 1. The van der Waals surface area contributed by atoms with E-state index in [-0.39, 0.29) is 15.9 Å². The van der Waals surface area contributed by atoms with E-state index < -0.39 is 5.97 Å². The van der Waals surface area contributed by atoms with Gasteiger partial charge in [-0.1, -0.05) is 46.4 Å². The predicted molar refractivity (Wildman–Crippen MR) is 81.1 cm³/mol. The van der Waals surface area contributed by atoms with Crippen molar-refractivity contribution in [3.8, 4) is 11.1 Å². The average molecular weight is 351 g/mol. The molecule has 0 atom stereocenters. The first-order valence-corrected chi connectivity index (χ1v) is 6.85. The van der Waals surface area contributed by atoms with Gasteiger partial charge in [0.1, 0.15) is 10.8 Å². The van der Waals surface area contributed by atoms with Crippen molar-refractivity contribution in [3.05, 3.63) is 50.2 Å². The Bertz CT molecular complexity index is 665. The van der Waals surface area contributed by atoms with E-state index >= 15 is 0 Å². The molecule has 0 unspecified atom stereocenters. The number of carbonyl (C=O) groups is 1. The summed E-state index contributed by atoms with van der Waals surface area (Å²) in [6.45, 7) is 0. The summed E-state index contributed by atoms with van der Waals surface area (Å²) in [6.07, 6.45) is 0. The highest BCUT2D eigenvalue weighted by molar-refractivity contribution is 6.48. The van der Waals surface area contributed by atoms with E-state index in [4.69, 9.17) is 46.4 Å². The van der Waals surface area contributed by atoms with Gasteiger partial charge in [-0.15, -0.1) is 0 Å². The molecule has 3 nitrogen and oxygen atoms in total. The standard InChI is InChI=1S/C13H7Cl4NO2/c1-20-13(19)10-3-2-7(12(17)18-10)6-4-8(14)11(16)9(15)5-6/h2-5H,1H3. The second-order valence-corrected chi connectivity index (χ2v) is 5.33. The quantitative estimate of drug-likeness (QED) is 0.427. The van der Waals surface area contributed by atoms with Crippen molar-refractivity contribution in [2.45, 2.75) is 0 Å². The molecule has 0 radical (unpaired) electrons. The van der Waals surface area contributed by atoms with Gasteiger partial charge in [0, 0.05) is 5.56 Å². The van der Waals surface area contributed by atoms with Crippen molar-refractivity contribution in [2.75, 3.05) is 7.11 Å². The summed E-state index contributed by atoms with van der Waals surface area (Å²) in [5.41, 5.74) is 1.35. The molecule has 0 spiro atoms. The number of benzene rings is 1. The van der Waals surface area contributed by atoms with E-state index in [9.17, 15) is 4.79 Å². The lowest BCUT2D eigenvalue weighted by Gasteiger charge is -2.08. The maximum atomic E-state index is 11.4. The van der Waals surface area contributed by atoms with Crippen LogP contribution in [0.3, 0.4) is 0 Å². The van der Waals surface area contributed by atoms with Gasteiger partial charge in [-0.25, -0.2) is 9.78 Å². The molecule has 20 heavy (non-hydrogen) atoms. The zero-order valence-corrected chi connectivity index (χ0v) is 13.1. The van der Waals surface area contributed by atoms with Crippen LogP contribution >= 0.6 is 46.4 Å². The van der Waals surface area contributed by atoms with E-state index in [0.29, 0.717) is 21.2 Å². The molecule has 0 saturated heterocycles. The number of methoxy groups -OCH3 is 1. The van der Waals surface area contributed by atoms with Gasteiger partial charge >= 0.3 is 5.97 Å². The third kappa shape index (κ3) is 3.01. The molecule has 0 saturated carbocycles. The summed E-state index contributed by atoms with van der Waals surface area (Å²) in [5, 5.41) is 1.03. The van der Waals surface area contributed by atoms with Crippen molar-refractivity contribution in [1.29, 1.82) is 0 Å². The summed E-state index contributed by atoms with van der Waals surface area (Å²) in [7, 11) is 1.27. The van der Waals surface area contributed by atoms with Gasteiger partial charge in [-0.2, -0.15) is 0 Å². The predicted octanol–water partition coefficient (Wildman–Crippen LogP) is 5.15. The molecule has 2 rings (SSSR count). The lowest BCUT2D eigenvalue weighted by Crippen LogP contribution is -2.04. The normalized spacial score (nSPS) is 10.4. The summed E-state index contributed by atoms with van der Waals surface area (Å²) in [6, 6.07) is 6.38. The smallest absolute Gasteiger partial charge is 0.356 e. The summed E-state index contributed by atoms with van der Waals surface area (Å²) >= 11 is 23.9. The fourth-order valence-electron chi connectivity index (χ4n) is 1.58. The van der Waals surface area contributed by atoms with Gasteiger partial charge in [0.15, 0.2) is 0 Å². The van der Waals surface area contributed by atoms with Crippen LogP contribution in [-0.2, 0) is 4.74 Å². The number of rotatable bonds is 2. The Balaban J connectivity index is 2.51. The summed E-state index contributed by atoms with van der Waals surface area (Å²) in [5.74, 6) is -0.564. The van der Waals surface area contributed by atoms with E-state index in [1.54, 1.807) is 18.2 Å². The maximum Gasteiger partial charge on any atom is 0.356 e. The van der Waals surface area contributed by atoms with Gasteiger partial charge in [-0.05, 0) is 29.8 Å². The summed E-state index contributed by atoms with van der Waals surface area (Å²) < 4.78 is 4.57. The van der Waals surface area contributed by atoms with E-state index in [1.165, 1.54) is 13.2 Å². The number of hydrogen-bond donors (Lipinski definition) is 0. The van der Waals surface area contributed by atoms with Crippen molar-refractivity contribution in [1.82, 2.24) is 4.98 Å². The molecule has 0 aliphatic carbocycles. The molecule has 2 aromatic rings. The molecule has 0 fully saturated rings. The monoisotopic (exact) mass is 349 g/mol. The van der Waals surface area contributed by atoms with Crippen molar-refractivity contribution in [2.24, 2.45) is 0 Å². The molecule has 0 amide bonds. The molecule has 0 bridgehead atoms. The Hall–Kier alpha value is -1.000. The summed E-state index contributed by atoms with van der Waals surface area (Å²) in [4.78, 5) is 15.3. The first-order chi connectivity index (χ1) is 9.43. The molecule has 1 aromatic heterocycles. The SMILES string of the molecule is COC(=O)c1ccc(-c2cc(Cl)c(Cl)c(Cl)c2)c(Cl)n1. The van der Waals surface area contributed by atoms with Crippen LogP contribution in [0, 0.1) is 0 Å². The highest BCUT2D eigenvalue weighted by Gasteiger charge is 2.14. The Morgan fingerprint density at radius 1 is 1.10 bits per heavy atom. The first-order valence-electron chi connectivity index (χ1n) is 5.34. The largest absolute Gasteiger partial charge is 0.464 e. The Kier molecular flexibility index (Phi) is 4.76.